The Morgan fingerprint density at radius 2 is 1.54 bits per heavy atom. The van der Waals surface area contributed by atoms with E-state index in [1.54, 1.807) is 18.4 Å². The molecule has 0 saturated carbocycles. The van der Waals surface area contributed by atoms with Gasteiger partial charge in [0.1, 0.15) is 0 Å². The first-order chi connectivity index (χ1) is 17.6. The largest absolute Gasteiger partial charge is 0.465 e. The van der Waals surface area contributed by atoms with Gasteiger partial charge >= 0.3 is 12.2 Å². The van der Waals surface area contributed by atoms with Crippen molar-refractivity contribution in [2.45, 2.75) is 37.4 Å². The quantitative estimate of drug-likeness (QED) is 0.199. The summed E-state index contributed by atoms with van der Waals surface area (Å²) < 4.78 is 11.7. The molecule has 0 aliphatic heterocycles. The fourth-order valence-corrected chi connectivity index (χ4v) is 5.07. The highest BCUT2D eigenvalue weighted by atomic mass is 32.2. The first-order valence-electron chi connectivity index (χ1n) is 11.1. The molecule has 2 aromatic carbocycles. The van der Waals surface area contributed by atoms with E-state index in [9.17, 15) is 18.6 Å². The lowest BCUT2D eigenvalue weighted by Gasteiger charge is -2.19. The normalized spacial score (nSPS) is 11.5. The van der Waals surface area contributed by atoms with Crippen molar-refractivity contribution in [1.29, 1.82) is 0 Å². The summed E-state index contributed by atoms with van der Waals surface area (Å²) in [5, 5.41) is 27.9. The van der Waals surface area contributed by atoms with Crippen molar-refractivity contribution in [2.75, 3.05) is 16.9 Å². The molecule has 3 amide bonds. The smallest absolute Gasteiger partial charge is 0.407 e. The minimum atomic E-state index is -1.38. The number of carboxylic acid groups (broad SMARTS) is 2. The molecule has 13 heteroatoms. The highest BCUT2D eigenvalue weighted by molar-refractivity contribution is 7.84. The Labute approximate surface area is 219 Å². The van der Waals surface area contributed by atoms with E-state index < -0.39 is 29.3 Å². The van der Waals surface area contributed by atoms with Gasteiger partial charge in [0.25, 0.3) is 0 Å². The molecule has 3 rings (SSSR count). The number of carbonyl (C=O) groups is 3. The minimum Gasteiger partial charge on any atom is -0.465 e. The van der Waals surface area contributed by atoms with Crippen LogP contribution < -0.4 is 21.3 Å². The van der Waals surface area contributed by atoms with Crippen LogP contribution in [0.5, 0.6) is 0 Å². The van der Waals surface area contributed by atoms with Crippen LogP contribution in [0.1, 0.15) is 28.6 Å². The number of nitrogens with zero attached hydrogens (tertiary/aromatic N) is 1. The van der Waals surface area contributed by atoms with Crippen LogP contribution in [0.15, 0.2) is 53.4 Å². The second-order valence-electron chi connectivity index (χ2n) is 8.02. The number of carbonyl (C=O) groups excluding carboxylic acids is 1. The van der Waals surface area contributed by atoms with Gasteiger partial charge in [-0.25, -0.2) is 14.6 Å². The van der Waals surface area contributed by atoms with Gasteiger partial charge in [0.05, 0.1) is 5.69 Å². The average Bonchev–Trinajstić information content (AvgIpc) is 3.18. The maximum absolute atomic E-state index is 11.7. The first-order valence-corrected chi connectivity index (χ1v) is 13.5. The molecule has 0 spiro atoms. The number of hydrogen-bond acceptors (Lipinski definition) is 7. The van der Waals surface area contributed by atoms with Crippen molar-refractivity contribution in [3.63, 3.8) is 0 Å². The molecule has 0 radical (unpaired) electrons. The van der Waals surface area contributed by atoms with E-state index in [-0.39, 0.29) is 5.91 Å². The number of hydrogen-bond donors (Lipinski definition) is 6. The fraction of sp³-hybridized carbons (Fsp3) is 0.250. The number of benzene rings is 2. The molecule has 1 atom stereocenters. The van der Waals surface area contributed by atoms with Crippen molar-refractivity contribution >= 4 is 51.0 Å². The van der Waals surface area contributed by atoms with E-state index >= 15 is 0 Å². The van der Waals surface area contributed by atoms with E-state index in [4.69, 9.17) is 10.2 Å². The molecule has 1 unspecified atom stereocenters. The Balaban J connectivity index is 1.69. The zero-order valence-electron chi connectivity index (χ0n) is 20.1. The third-order valence-electron chi connectivity index (χ3n) is 5.13. The molecular formula is C24H27N5O6S2. The van der Waals surface area contributed by atoms with Crippen LogP contribution in [0.2, 0.25) is 0 Å². The standard InChI is InChI=1S/C24H27N5O6S2/c1-14(30)25-22-27-19(20(36-22)13-16-5-10-18(11-6-16)37(2)35)12-7-15-3-8-17(9-4-15)26-21(28-23(31)32)29-24(33)34/h3-6,8-11,21,26,28-29H,7,12-13H2,1-2H3,(H,31,32)(H,33,34)(H,25,27,30). The van der Waals surface area contributed by atoms with Gasteiger partial charge in [0, 0.05) is 45.9 Å². The predicted octanol–water partition coefficient (Wildman–Crippen LogP) is 3.45. The number of aromatic nitrogens is 1. The SMILES string of the molecule is CC(=O)Nc1nc(CCc2ccc(NC(NC(=O)O)NC(=O)O)cc2)c(Cc2ccc(S(C)=O)cc2)s1. The first kappa shape index (κ1) is 27.6. The van der Waals surface area contributed by atoms with E-state index in [2.05, 4.69) is 15.6 Å². The molecule has 37 heavy (non-hydrogen) atoms. The Bertz CT molecular complexity index is 1260. The van der Waals surface area contributed by atoms with Gasteiger partial charge in [0.2, 0.25) is 5.91 Å². The van der Waals surface area contributed by atoms with Gasteiger partial charge in [-0.1, -0.05) is 24.3 Å². The van der Waals surface area contributed by atoms with Gasteiger partial charge < -0.3 is 20.8 Å². The molecule has 196 valence electrons. The van der Waals surface area contributed by atoms with E-state index in [1.165, 1.54) is 18.3 Å². The molecule has 0 bridgehead atoms. The Hall–Kier alpha value is -3.97. The monoisotopic (exact) mass is 545 g/mol. The second-order valence-corrected chi connectivity index (χ2v) is 10.5. The summed E-state index contributed by atoms with van der Waals surface area (Å²) in [6, 6.07) is 14.7. The van der Waals surface area contributed by atoms with Crippen LogP contribution in [0.25, 0.3) is 0 Å². The molecule has 6 N–H and O–H groups in total. The van der Waals surface area contributed by atoms with Crippen LogP contribution in [0.3, 0.4) is 0 Å². The summed E-state index contributed by atoms with van der Waals surface area (Å²) in [6.07, 6.45) is -0.420. The molecule has 0 saturated heterocycles. The Kier molecular flexibility index (Phi) is 9.57. The number of thiazole rings is 1. The third-order valence-corrected chi connectivity index (χ3v) is 7.08. The van der Waals surface area contributed by atoms with Crippen LogP contribution in [-0.4, -0.2) is 50.0 Å². The lowest BCUT2D eigenvalue weighted by atomic mass is 10.0. The maximum Gasteiger partial charge on any atom is 0.407 e. The Morgan fingerprint density at radius 3 is 2.08 bits per heavy atom. The van der Waals surface area contributed by atoms with E-state index in [0.29, 0.717) is 30.1 Å². The summed E-state index contributed by atoms with van der Waals surface area (Å²) in [7, 11) is -1.05. The van der Waals surface area contributed by atoms with Gasteiger partial charge in [-0.2, -0.15) is 0 Å². The van der Waals surface area contributed by atoms with Crippen molar-refractivity contribution in [3.8, 4) is 0 Å². The van der Waals surface area contributed by atoms with Crippen LogP contribution in [-0.2, 0) is 34.9 Å². The molecular weight excluding hydrogens is 518 g/mol. The van der Waals surface area contributed by atoms with Gasteiger partial charge in [-0.3, -0.25) is 19.6 Å². The lowest BCUT2D eigenvalue weighted by Crippen LogP contribution is -2.52. The summed E-state index contributed by atoms with van der Waals surface area (Å²) in [5.74, 6) is -0.196. The zero-order chi connectivity index (χ0) is 26.9. The number of anilines is 2. The Morgan fingerprint density at radius 1 is 0.946 bits per heavy atom. The fourth-order valence-electron chi connectivity index (χ4n) is 3.46. The topological polar surface area (TPSA) is 170 Å². The summed E-state index contributed by atoms with van der Waals surface area (Å²) in [6.45, 7) is 1.43. The van der Waals surface area contributed by atoms with Gasteiger partial charge in [-0.05, 0) is 48.2 Å². The second kappa shape index (κ2) is 12.8. The average molecular weight is 546 g/mol. The zero-order valence-corrected chi connectivity index (χ0v) is 21.7. The van der Waals surface area contributed by atoms with Crippen LogP contribution in [0, 0.1) is 0 Å². The number of rotatable bonds is 11. The molecule has 0 aliphatic rings. The predicted molar refractivity (Wildman–Crippen MR) is 142 cm³/mol. The van der Waals surface area contributed by atoms with Crippen molar-refractivity contribution < 1.29 is 28.8 Å². The van der Waals surface area contributed by atoms with E-state index in [0.717, 1.165) is 26.6 Å². The molecule has 3 aromatic rings. The highest BCUT2D eigenvalue weighted by Crippen LogP contribution is 2.27. The molecule has 11 nitrogen and oxygen atoms in total. The summed E-state index contributed by atoms with van der Waals surface area (Å²) in [5.41, 5.74) is 3.43. The number of amides is 3. The molecule has 0 aliphatic carbocycles. The molecule has 0 fully saturated rings. The molecule has 1 heterocycles. The summed E-state index contributed by atoms with van der Waals surface area (Å²) in [4.78, 5) is 39.7. The molecule has 1 aromatic heterocycles. The third kappa shape index (κ3) is 8.88. The number of nitrogens with one attached hydrogen (secondary N) is 4. The van der Waals surface area contributed by atoms with Crippen molar-refractivity contribution in [1.82, 2.24) is 15.6 Å². The maximum atomic E-state index is 11.7. The number of aryl methyl sites for hydroxylation is 2. The van der Waals surface area contributed by atoms with Crippen LogP contribution >= 0.6 is 11.3 Å². The van der Waals surface area contributed by atoms with Gasteiger partial charge in [0.15, 0.2) is 11.4 Å². The van der Waals surface area contributed by atoms with Crippen molar-refractivity contribution in [2.24, 2.45) is 0 Å². The highest BCUT2D eigenvalue weighted by Gasteiger charge is 2.15. The minimum absolute atomic E-state index is 0.196. The van der Waals surface area contributed by atoms with Crippen LogP contribution in [0.4, 0.5) is 20.4 Å². The van der Waals surface area contributed by atoms with E-state index in [1.807, 2.05) is 47.0 Å². The summed E-state index contributed by atoms with van der Waals surface area (Å²) >= 11 is 1.42. The lowest BCUT2D eigenvalue weighted by molar-refractivity contribution is -0.114. The van der Waals surface area contributed by atoms with Crippen molar-refractivity contribution in [3.05, 3.63) is 70.2 Å². The van der Waals surface area contributed by atoms with Gasteiger partial charge in [-0.15, -0.1) is 11.3 Å².